The number of aliphatic carboxylic acids is 1. The van der Waals surface area contributed by atoms with Crippen molar-refractivity contribution in [2.75, 3.05) is 7.05 Å². The third-order valence-electron chi connectivity index (χ3n) is 2.96. The van der Waals surface area contributed by atoms with E-state index in [-0.39, 0.29) is 5.91 Å². The number of carbonyl (C=O) groups is 2. The highest BCUT2D eigenvalue weighted by Crippen LogP contribution is 2.17. The maximum absolute atomic E-state index is 12.1. The predicted octanol–water partition coefficient (Wildman–Crippen LogP) is 2.43. The smallest absolute Gasteiger partial charge is 0.326 e. The second kappa shape index (κ2) is 7.14. The predicted molar refractivity (Wildman–Crippen MR) is 76.0 cm³/mol. The van der Waals surface area contributed by atoms with Crippen molar-refractivity contribution in [3.05, 3.63) is 29.3 Å². The van der Waals surface area contributed by atoms with E-state index in [0.717, 1.165) is 0 Å². The van der Waals surface area contributed by atoms with Gasteiger partial charge in [0.25, 0.3) is 5.91 Å². The van der Waals surface area contributed by atoms with Crippen LogP contribution in [0, 0.1) is 0 Å². The molecule has 6 heteroatoms. The van der Waals surface area contributed by atoms with E-state index in [0.29, 0.717) is 17.2 Å². The minimum atomic E-state index is -1.03. The molecule has 1 rings (SSSR count). The van der Waals surface area contributed by atoms with E-state index >= 15 is 0 Å². The van der Waals surface area contributed by atoms with Gasteiger partial charge >= 0.3 is 5.97 Å². The van der Waals surface area contributed by atoms with E-state index in [4.69, 9.17) is 21.4 Å². The Morgan fingerprint density at radius 3 is 2.35 bits per heavy atom. The number of carbonyl (C=O) groups excluding carboxylic acids is 1. The summed E-state index contributed by atoms with van der Waals surface area (Å²) in [6, 6.07) is 5.77. The normalized spacial score (nSPS) is 13.4. The second-order valence-electron chi connectivity index (χ2n) is 4.43. The number of rotatable bonds is 6. The summed E-state index contributed by atoms with van der Waals surface area (Å²) in [5, 5.41) is 9.62. The number of nitrogens with zero attached hydrogens (tertiary/aromatic N) is 1. The van der Waals surface area contributed by atoms with Gasteiger partial charge in [0.15, 0.2) is 6.10 Å². The van der Waals surface area contributed by atoms with Crippen molar-refractivity contribution in [3.63, 3.8) is 0 Å². The van der Waals surface area contributed by atoms with Crippen molar-refractivity contribution in [1.82, 2.24) is 4.90 Å². The highest BCUT2D eigenvalue weighted by atomic mass is 35.5. The van der Waals surface area contributed by atoms with E-state index in [1.54, 1.807) is 38.1 Å². The van der Waals surface area contributed by atoms with Crippen molar-refractivity contribution in [1.29, 1.82) is 0 Å². The van der Waals surface area contributed by atoms with Gasteiger partial charge in [0.2, 0.25) is 0 Å². The van der Waals surface area contributed by atoms with Crippen LogP contribution in [0.25, 0.3) is 0 Å². The number of carboxylic acid groups (broad SMARTS) is 1. The molecule has 1 N–H and O–H groups in total. The molecule has 0 aliphatic carbocycles. The molecule has 0 spiro atoms. The van der Waals surface area contributed by atoms with Gasteiger partial charge in [0, 0.05) is 12.1 Å². The third kappa shape index (κ3) is 4.13. The van der Waals surface area contributed by atoms with E-state index in [1.165, 1.54) is 11.9 Å². The summed E-state index contributed by atoms with van der Waals surface area (Å²) in [4.78, 5) is 24.4. The van der Waals surface area contributed by atoms with Gasteiger partial charge in [-0.25, -0.2) is 4.79 Å². The van der Waals surface area contributed by atoms with Crippen LogP contribution in [0.4, 0.5) is 0 Å². The molecule has 1 amide bonds. The second-order valence-corrected chi connectivity index (χ2v) is 4.86. The standard InChI is InChI=1S/C14H18ClNO4/c1-4-12(14(18)19)16(3)13(17)9(2)20-11-7-5-10(15)6-8-11/h5-9,12H,4H2,1-3H3,(H,18,19). The zero-order valence-corrected chi connectivity index (χ0v) is 12.4. The first-order valence-electron chi connectivity index (χ1n) is 6.28. The van der Waals surface area contributed by atoms with Gasteiger partial charge in [-0.1, -0.05) is 18.5 Å². The summed E-state index contributed by atoms with van der Waals surface area (Å²) in [6.07, 6.45) is -0.430. The molecule has 1 aromatic rings. The molecule has 0 fully saturated rings. The van der Waals surface area contributed by atoms with E-state index in [9.17, 15) is 9.59 Å². The quantitative estimate of drug-likeness (QED) is 0.876. The number of hydrogen-bond donors (Lipinski definition) is 1. The lowest BCUT2D eigenvalue weighted by atomic mass is 10.2. The van der Waals surface area contributed by atoms with Gasteiger partial charge in [-0.05, 0) is 37.6 Å². The van der Waals surface area contributed by atoms with Crippen LogP contribution in [0.1, 0.15) is 20.3 Å². The van der Waals surface area contributed by atoms with Crippen molar-refractivity contribution in [3.8, 4) is 5.75 Å². The van der Waals surface area contributed by atoms with Crippen LogP contribution in [0.15, 0.2) is 24.3 Å². The molecule has 0 bridgehead atoms. The Balaban J connectivity index is 2.71. The Morgan fingerprint density at radius 2 is 1.90 bits per heavy atom. The van der Waals surface area contributed by atoms with Crippen molar-refractivity contribution in [2.24, 2.45) is 0 Å². The summed E-state index contributed by atoms with van der Waals surface area (Å²) < 4.78 is 5.48. The largest absolute Gasteiger partial charge is 0.481 e. The Morgan fingerprint density at radius 1 is 1.35 bits per heavy atom. The molecule has 2 atom stereocenters. The maximum atomic E-state index is 12.1. The Hall–Kier alpha value is -1.75. The van der Waals surface area contributed by atoms with Crippen LogP contribution in [0.2, 0.25) is 5.02 Å². The molecule has 0 aliphatic rings. The minimum Gasteiger partial charge on any atom is -0.481 e. The van der Waals surface area contributed by atoms with Crippen LogP contribution in [0.5, 0.6) is 5.75 Å². The molecular weight excluding hydrogens is 282 g/mol. The van der Waals surface area contributed by atoms with Gasteiger partial charge < -0.3 is 14.7 Å². The molecule has 0 aliphatic heterocycles. The molecule has 110 valence electrons. The highest BCUT2D eigenvalue weighted by molar-refractivity contribution is 6.30. The van der Waals surface area contributed by atoms with Crippen LogP contribution < -0.4 is 4.74 Å². The number of amides is 1. The van der Waals surface area contributed by atoms with Crippen LogP contribution >= 0.6 is 11.6 Å². The minimum absolute atomic E-state index is 0.339. The molecule has 0 radical (unpaired) electrons. The fourth-order valence-corrected chi connectivity index (χ4v) is 1.95. The number of likely N-dealkylation sites (N-methyl/N-ethyl adjacent to an activating group) is 1. The molecule has 0 aromatic heterocycles. The van der Waals surface area contributed by atoms with Gasteiger partial charge in [0.1, 0.15) is 11.8 Å². The van der Waals surface area contributed by atoms with E-state index < -0.39 is 18.1 Å². The zero-order valence-electron chi connectivity index (χ0n) is 11.7. The molecular formula is C14H18ClNO4. The number of hydrogen-bond acceptors (Lipinski definition) is 3. The van der Waals surface area contributed by atoms with Crippen molar-refractivity contribution >= 4 is 23.5 Å². The number of halogens is 1. The van der Waals surface area contributed by atoms with Gasteiger partial charge in [-0.3, -0.25) is 4.79 Å². The highest BCUT2D eigenvalue weighted by Gasteiger charge is 2.28. The van der Waals surface area contributed by atoms with Gasteiger partial charge in [0.05, 0.1) is 0 Å². The zero-order chi connectivity index (χ0) is 15.3. The van der Waals surface area contributed by atoms with Crippen molar-refractivity contribution < 1.29 is 19.4 Å². The van der Waals surface area contributed by atoms with E-state index in [2.05, 4.69) is 0 Å². The van der Waals surface area contributed by atoms with Crippen LogP contribution in [-0.2, 0) is 9.59 Å². The fraction of sp³-hybridized carbons (Fsp3) is 0.429. The van der Waals surface area contributed by atoms with Gasteiger partial charge in [-0.2, -0.15) is 0 Å². The molecule has 20 heavy (non-hydrogen) atoms. The third-order valence-corrected chi connectivity index (χ3v) is 3.21. The maximum Gasteiger partial charge on any atom is 0.326 e. The average molecular weight is 300 g/mol. The first-order valence-corrected chi connectivity index (χ1v) is 6.66. The first kappa shape index (κ1) is 16.3. The van der Waals surface area contributed by atoms with Crippen LogP contribution in [-0.4, -0.2) is 41.1 Å². The Labute approximate surface area is 123 Å². The SMILES string of the molecule is CCC(C(=O)O)N(C)C(=O)C(C)Oc1ccc(Cl)cc1. The number of ether oxygens (including phenoxy) is 1. The molecule has 5 nitrogen and oxygen atoms in total. The summed E-state index contributed by atoms with van der Waals surface area (Å²) in [7, 11) is 1.46. The topological polar surface area (TPSA) is 66.8 Å². The van der Waals surface area contributed by atoms with Gasteiger partial charge in [-0.15, -0.1) is 0 Å². The molecule has 0 heterocycles. The first-order chi connectivity index (χ1) is 9.36. The monoisotopic (exact) mass is 299 g/mol. The molecule has 2 unspecified atom stereocenters. The average Bonchev–Trinajstić information content (AvgIpc) is 2.40. The summed E-state index contributed by atoms with van der Waals surface area (Å²) in [5.74, 6) is -0.900. The van der Waals surface area contributed by atoms with Crippen molar-refractivity contribution in [2.45, 2.75) is 32.4 Å². The summed E-state index contributed by atoms with van der Waals surface area (Å²) in [6.45, 7) is 3.30. The molecule has 0 saturated heterocycles. The lowest BCUT2D eigenvalue weighted by molar-refractivity contribution is -0.151. The Kier molecular flexibility index (Phi) is 5.82. The lowest BCUT2D eigenvalue weighted by Crippen LogP contribution is -2.47. The lowest BCUT2D eigenvalue weighted by Gasteiger charge is -2.26. The Bertz CT molecular complexity index is 475. The number of benzene rings is 1. The molecule has 0 saturated carbocycles. The number of carboxylic acids is 1. The van der Waals surface area contributed by atoms with Crippen LogP contribution in [0.3, 0.4) is 0 Å². The fourth-order valence-electron chi connectivity index (χ4n) is 1.82. The summed E-state index contributed by atoms with van der Waals surface area (Å²) >= 11 is 5.76. The van der Waals surface area contributed by atoms with E-state index in [1.807, 2.05) is 0 Å². The molecule has 1 aromatic carbocycles. The summed E-state index contributed by atoms with van der Waals surface area (Å²) in [5.41, 5.74) is 0.